The molecule has 1 aliphatic rings. The fourth-order valence-electron chi connectivity index (χ4n) is 2.30. The van der Waals surface area contributed by atoms with Crippen LogP contribution in [-0.4, -0.2) is 29.5 Å². The summed E-state index contributed by atoms with van der Waals surface area (Å²) in [5, 5.41) is 2.59. The zero-order chi connectivity index (χ0) is 14.0. The maximum absolute atomic E-state index is 12.9. The molecule has 0 radical (unpaired) electrons. The van der Waals surface area contributed by atoms with Crippen LogP contribution in [0.1, 0.15) is 26.0 Å². The van der Waals surface area contributed by atoms with Crippen LogP contribution in [0, 0.1) is 5.82 Å². The van der Waals surface area contributed by atoms with Crippen LogP contribution in [0.5, 0.6) is 0 Å². The Kier molecular flexibility index (Phi) is 3.50. The van der Waals surface area contributed by atoms with E-state index in [1.54, 1.807) is 13.8 Å². The summed E-state index contributed by atoms with van der Waals surface area (Å²) < 4.78 is 17.9. The molecule has 0 saturated carbocycles. The normalized spacial score (nSPS) is 26.1. The molecule has 1 aromatic rings. The fraction of sp³-hybridized carbons (Fsp3) is 0.462. The number of hydrogen-bond donors (Lipinski definition) is 1. The Morgan fingerprint density at radius 3 is 2.95 bits per heavy atom. The van der Waals surface area contributed by atoms with Crippen LogP contribution in [-0.2, 0) is 19.7 Å². The minimum atomic E-state index is -0.822. The van der Waals surface area contributed by atoms with Gasteiger partial charge in [-0.15, -0.1) is 0 Å². The van der Waals surface area contributed by atoms with Gasteiger partial charge in [-0.05, 0) is 19.1 Å². The number of esters is 1. The van der Waals surface area contributed by atoms with E-state index < -0.39 is 23.2 Å². The maximum atomic E-state index is 12.9. The molecule has 1 aliphatic heterocycles. The van der Waals surface area contributed by atoms with Crippen LogP contribution >= 0.6 is 0 Å². The number of carbonyl (C=O) groups excluding carboxylic acids is 2. The summed E-state index contributed by atoms with van der Waals surface area (Å²) in [6.07, 6.45) is 1.20. The van der Waals surface area contributed by atoms with E-state index in [1.807, 2.05) is 0 Å². The minimum Gasteiger partial charge on any atom is -0.464 e. The van der Waals surface area contributed by atoms with Crippen molar-refractivity contribution in [3.05, 3.63) is 29.8 Å². The summed E-state index contributed by atoms with van der Waals surface area (Å²) in [5.74, 6) is -1.20. The van der Waals surface area contributed by atoms with Crippen molar-refractivity contribution in [3.63, 3.8) is 0 Å². The average molecular weight is 266 g/mol. The summed E-state index contributed by atoms with van der Waals surface area (Å²) in [6, 6.07) is 1.96. The number of ether oxygens (including phenoxy) is 1. The van der Waals surface area contributed by atoms with Crippen LogP contribution in [0.2, 0.25) is 0 Å². The SMILES string of the molecule is CCOC(=O)C1NC(=O)CC1(C)c1ccc(F)cn1. The van der Waals surface area contributed by atoms with Crippen LogP contribution in [0.25, 0.3) is 0 Å². The van der Waals surface area contributed by atoms with Gasteiger partial charge in [0.25, 0.3) is 0 Å². The van der Waals surface area contributed by atoms with E-state index in [9.17, 15) is 14.0 Å². The van der Waals surface area contributed by atoms with E-state index >= 15 is 0 Å². The van der Waals surface area contributed by atoms with Crippen molar-refractivity contribution < 1.29 is 18.7 Å². The zero-order valence-corrected chi connectivity index (χ0v) is 10.8. The number of nitrogens with one attached hydrogen (secondary N) is 1. The second-order valence-electron chi connectivity index (χ2n) is 4.71. The highest BCUT2D eigenvalue weighted by atomic mass is 19.1. The highest BCUT2D eigenvalue weighted by molar-refractivity contribution is 5.91. The fourth-order valence-corrected chi connectivity index (χ4v) is 2.30. The van der Waals surface area contributed by atoms with Crippen molar-refractivity contribution in [2.24, 2.45) is 0 Å². The third kappa shape index (κ3) is 2.43. The first-order valence-electron chi connectivity index (χ1n) is 6.05. The van der Waals surface area contributed by atoms with Crippen molar-refractivity contribution in [1.29, 1.82) is 0 Å². The van der Waals surface area contributed by atoms with Crippen LogP contribution in [0.15, 0.2) is 18.3 Å². The number of rotatable bonds is 3. The Morgan fingerprint density at radius 2 is 2.37 bits per heavy atom. The van der Waals surface area contributed by atoms with Crippen molar-refractivity contribution in [3.8, 4) is 0 Å². The van der Waals surface area contributed by atoms with E-state index in [0.29, 0.717) is 5.69 Å². The van der Waals surface area contributed by atoms with E-state index in [0.717, 1.165) is 6.20 Å². The predicted molar refractivity (Wildman–Crippen MR) is 64.7 cm³/mol. The Bertz CT molecular complexity index is 503. The lowest BCUT2D eigenvalue weighted by Gasteiger charge is -2.27. The van der Waals surface area contributed by atoms with E-state index in [2.05, 4.69) is 10.3 Å². The Morgan fingerprint density at radius 1 is 1.63 bits per heavy atom. The largest absolute Gasteiger partial charge is 0.464 e. The third-order valence-electron chi connectivity index (χ3n) is 3.31. The molecule has 102 valence electrons. The molecule has 2 atom stereocenters. The number of carbonyl (C=O) groups is 2. The van der Waals surface area contributed by atoms with Gasteiger partial charge in [-0.25, -0.2) is 9.18 Å². The standard InChI is InChI=1S/C13H15FN2O3/c1-3-19-12(18)11-13(2,6-10(17)16-11)9-5-4-8(14)7-15-9/h4-5,7,11H,3,6H2,1-2H3,(H,16,17). The minimum absolute atomic E-state index is 0.120. The zero-order valence-electron chi connectivity index (χ0n) is 10.8. The molecule has 1 saturated heterocycles. The molecular formula is C13H15FN2O3. The molecule has 0 aliphatic carbocycles. The summed E-state index contributed by atoms with van der Waals surface area (Å²) in [7, 11) is 0. The molecule has 6 heteroatoms. The van der Waals surface area contributed by atoms with E-state index in [4.69, 9.17) is 4.74 Å². The second kappa shape index (κ2) is 4.95. The van der Waals surface area contributed by atoms with Gasteiger partial charge in [-0.1, -0.05) is 6.92 Å². The molecule has 2 unspecified atom stereocenters. The van der Waals surface area contributed by atoms with Gasteiger partial charge < -0.3 is 10.1 Å². The number of halogens is 1. The van der Waals surface area contributed by atoms with Gasteiger partial charge in [-0.2, -0.15) is 0 Å². The van der Waals surface area contributed by atoms with Gasteiger partial charge in [0, 0.05) is 17.5 Å². The van der Waals surface area contributed by atoms with Gasteiger partial charge >= 0.3 is 5.97 Å². The molecule has 2 heterocycles. The first kappa shape index (κ1) is 13.5. The van der Waals surface area contributed by atoms with E-state index in [-0.39, 0.29) is 18.9 Å². The Balaban J connectivity index is 2.35. The lowest BCUT2D eigenvalue weighted by atomic mass is 9.79. The molecule has 19 heavy (non-hydrogen) atoms. The number of aromatic nitrogens is 1. The molecule has 1 amide bonds. The molecule has 2 rings (SSSR count). The van der Waals surface area contributed by atoms with E-state index in [1.165, 1.54) is 12.1 Å². The summed E-state index contributed by atoms with van der Waals surface area (Å²) in [4.78, 5) is 27.5. The molecule has 1 fully saturated rings. The summed E-state index contributed by atoms with van der Waals surface area (Å²) >= 11 is 0. The van der Waals surface area contributed by atoms with Gasteiger partial charge in [-0.3, -0.25) is 9.78 Å². The first-order valence-corrected chi connectivity index (χ1v) is 6.05. The molecule has 5 nitrogen and oxygen atoms in total. The maximum Gasteiger partial charge on any atom is 0.329 e. The molecule has 0 aromatic carbocycles. The highest BCUT2D eigenvalue weighted by Crippen LogP contribution is 2.35. The van der Waals surface area contributed by atoms with Gasteiger partial charge in [0.1, 0.15) is 11.9 Å². The summed E-state index contributed by atoms with van der Waals surface area (Å²) in [6.45, 7) is 3.67. The van der Waals surface area contributed by atoms with Crippen molar-refractivity contribution in [2.45, 2.75) is 31.7 Å². The lowest BCUT2D eigenvalue weighted by molar-refractivity contribution is -0.147. The quantitative estimate of drug-likeness (QED) is 0.826. The van der Waals surface area contributed by atoms with Gasteiger partial charge in [0.05, 0.1) is 12.8 Å². The Labute approximate surface area is 110 Å². The number of hydrogen-bond acceptors (Lipinski definition) is 4. The first-order chi connectivity index (χ1) is 8.97. The number of pyridine rings is 1. The van der Waals surface area contributed by atoms with Crippen molar-refractivity contribution in [2.75, 3.05) is 6.61 Å². The van der Waals surface area contributed by atoms with Crippen LogP contribution < -0.4 is 5.32 Å². The van der Waals surface area contributed by atoms with Gasteiger partial charge in [0.15, 0.2) is 0 Å². The highest BCUT2D eigenvalue weighted by Gasteiger charge is 2.50. The Hall–Kier alpha value is -1.98. The van der Waals surface area contributed by atoms with Crippen LogP contribution in [0.3, 0.4) is 0 Å². The van der Waals surface area contributed by atoms with Crippen LogP contribution in [0.4, 0.5) is 4.39 Å². The van der Waals surface area contributed by atoms with Gasteiger partial charge in [0.2, 0.25) is 5.91 Å². The van der Waals surface area contributed by atoms with Crippen molar-refractivity contribution in [1.82, 2.24) is 10.3 Å². The number of nitrogens with zero attached hydrogens (tertiary/aromatic N) is 1. The third-order valence-corrected chi connectivity index (χ3v) is 3.31. The topological polar surface area (TPSA) is 68.3 Å². The average Bonchev–Trinajstić information content (AvgIpc) is 2.67. The second-order valence-corrected chi connectivity index (χ2v) is 4.71. The molecule has 0 spiro atoms. The number of amides is 1. The molecule has 0 bridgehead atoms. The van der Waals surface area contributed by atoms with Crippen molar-refractivity contribution >= 4 is 11.9 Å². The predicted octanol–water partition coefficient (Wildman–Crippen LogP) is 0.930. The molecule has 1 aromatic heterocycles. The molecule has 1 N–H and O–H groups in total. The molecular weight excluding hydrogens is 251 g/mol. The summed E-state index contributed by atoms with van der Waals surface area (Å²) in [5.41, 5.74) is -0.331. The monoisotopic (exact) mass is 266 g/mol. The smallest absolute Gasteiger partial charge is 0.329 e. The lowest BCUT2D eigenvalue weighted by Crippen LogP contribution is -2.46.